The normalized spacial score (nSPS) is 10.3. The lowest BCUT2D eigenvalue weighted by Crippen LogP contribution is -1.97. The molecule has 0 aromatic heterocycles. The van der Waals surface area contributed by atoms with Gasteiger partial charge in [0.25, 0.3) is 0 Å². The van der Waals surface area contributed by atoms with Gasteiger partial charge >= 0.3 is 0 Å². The fourth-order valence-corrected chi connectivity index (χ4v) is 2.74. The van der Waals surface area contributed by atoms with Gasteiger partial charge < -0.3 is 4.74 Å². The van der Waals surface area contributed by atoms with Crippen molar-refractivity contribution in [2.24, 2.45) is 0 Å². The van der Waals surface area contributed by atoms with E-state index in [0.717, 1.165) is 32.5 Å². The fourth-order valence-electron chi connectivity index (χ4n) is 2.38. The highest BCUT2D eigenvalue weighted by Crippen LogP contribution is 2.33. The first kappa shape index (κ1) is 15.6. The largest absolute Gasteiger partial charge is 0.488 e. The fraction of sp³-hybridized carbons (Fsp3) is 0.0476. The minimum atomic E-state index is 0.541. The quantitative estimate of drug-likeness (QED) is 0.513. The van der Waals surface area contributed by atoms with Gasteiger partial charge in [-0.15, -0.1) is 0 Å². The topological polar surface area (TPSA) is 9.23 Å². The summed E-state index contributed by atoms with van der Waals surface area (Å²) in [4.78, 5) is 0. The van der Waals surface area contributed by atoms with E-state index in [0.29, 0.717) is 6.61 Å². The second-order valence-electron chi connectivity index (χ2n) is 5.24. The molecular formula is C21H17BrO. The predicted octanol–water partition coefficient (Wildman–Crippen LogP) is 6.34. The molecule has 23 heavy (non-hydrogen) atoms. The van der Waals surface area contributed by atoms with Gasteiger partial charge in [-0.1, -0.05) is 83.2 Å². The van der Waals surface area contributed by atoms with Gasteiger partial charge in [0.05, 0.1) is 0 Å². The van der Waals surface area contributed by atoms with Crippen LogP contribution in [-0.2, 0) is 6.61 Å². The van der Waals surface area contributed by atoms with Crippen molar-refractivity contribution < 1.29 is 4.74 Å². The van der Waals surface area contributed by atoms with Crippen molar-refractivity contribution in [1.82, 2.24) is 0 Å². The Hall–Kier alpha value is -2.32. The van der Waals surface area contributed by atoms with Gasteiger partial charge in [0.15, 0.2) is 0 Å². The maximum Gasteiger partial charge on any atom is 0.127 e. The zero-order valence-electron chi connectivity index (χ0n) is 12.7. The first-order chi connectivity index (χ1) is 11.3. The molecular weight excluding hydrogens is 348 g/mol. The second kappa shape index (κ2) is 7.30. The summed E-state index contributed by atoms with van der Waals surface area (Å²) in [7, 11) is 0. The van der Waals surface area contributed by atoms with Crippen LogP contribution in [0.25, 0.3) is 17.2 Å². The minimum Gasteiger partial charge on any atom is -0.488 e. The van der Waals surface area contributed by atoms with Crippen molar-refractivity contribution in [1.29, 1.82) is 0 Å². The SMILES string of the molecule is C=Cc1ccc(COc2ccc(Br)cc2-c2ccccc2)cc1. The van der Waals surface area contributed by atoms with Crippen LogP contribution in [0.1, 0.15) is 11.1 Å². The van der Waals surface area contributed by atoms with Crippen molar-refractivity contribution in [2.45, 2.75) is 6.61 Å². The Balaban J connectivity index is 1.83. The van der Waals surface area contributed by atoms with Crippen LogP contribution in [0.2, 0.25) is 0 Å². The molecule has 1 nitrogen and oxygen atoms in total. The number of benzene rings is 3. The summed E-state index contributed by atoms with van der Waals surface area (Å²) < 4.78 is 7.10. The third-order valence-corrected chi connectivity index (χ3v) is 4.13. The standard InChI is InChI=1S/C21H17BrO/c1-2-16-8-10-17(11-9-16)15-23-21-13-12-19(22)14-20(21)18-6-4-3-5-7-18/h2-14H,1,15H2. The Bertz CT molecular complexity index is 792. The Kier molecular flexibility index (Phi) is 4.94. The monoisotopic (exact) mass is 364 g/mol. The molecule has 0 bridgehead atoms. The number of hydrogen-bond donors (Lipinski definition) is 0. The maximum absolute atomic E-state index is 6.06. The summed E-state index contributed by atoms with van der Waals surface area (Å²) in [6.07, 6.45) is 1.84. The number of rotatable bonds is 5. The third kappa shape index (κ3) is 3.91. The van der Waals surface area contributed by atoms with E-state index in [4.69, 9.17) is 4.74 Å². The van der Waals surface area contributed by atoms with Crippen molar-refractivity contribution in [3.8, 4) is 16.9 Å². The summed E-state index contributed by atoms with van der Waals surface area (Å²) in [5.74, 6) is 0.882. The van der Waals surface area contributed by atoms with Crippen LogP contribution in [0, 0.1) is 0 Å². The molecule has 0 aliphatic heterocycles. The predicted molar refractivity (Wildman–Crippen MR) is 100 cm³/mol. The second-order valence-corrected chi connectivity index (χ2v) is 6.16. The molecule has 0 amide bonds. The summed E-state index contributed by atoms with van der Waals surface area (Å²) >= 11 is 3.54. The molecule has 3 rings (SSSR count). The van der Waals surface area contributed by atoms with Crippen LogP contribution < -0.4 is 4.74 Å². The van der Waals surface area contributed by atoms with Crippen LogP contribution in [-0.4, -0.2) is 0 Å². The Labute approximate surface area is 145 Å². The average Bonchev–Trinajstić information content (AvgIpc) is 2.62. The molecule has 0 saturated carbocycles. The number of halogens is 1. The van der Waals surface area contributed by atoms with Gasteiger partial charge in [0.1, 0.15) is 12.4 Å². The average molecular weight is 365 g/mol. The summed E-state index contributed by atoms with van der Waals surface area (Å²) in [6.45, 7) is 4.31. The summed E-state index contributed by atoms with van der Waals surface area (Å²) in [5, 5.41) is 0. The zero-order valence-corrected chi connectivity index (χ0v) is 14.3. The van der Waals surface area contributed by atoms with Gasteiger partial charge in [0, 0.05) is 10.0 Å². The van der Waals surface area contributed by atoms with Gasteiger partial charge in [0.2, 0.25) is 0 Å². The minimum absolute atomic E-state index is 0.541. The van der Waals surface area contributed by atoms with E-state index < -0.39 is 0 Å². The molecule has 0 unspecified atom stereocenters. The van der Waals surface area contributed by atoms with Crippen molar-refractivity contribution in [2.75, 3.05) is 0 Å². The molecule has 0 radical (unpaired) electrons. The molecule has 2 heteroatoms. The lowest BCUT2D eigenvalue weighted by molar-refractivity contribution is 0.307. The smallest absolute Gasteiger partial charge is 0.127 e. The summed E-state index contributed by atoms with van der Waals surface area (Å²) in [5.41, 5.74) is 4.48. The molecule has 114 valence electrons. The molecule has 0 atom stereocenters. The molecule has 0 saturated heterocycles. The highest BCUT2D eigenvalue weighted by Gasteiger charge is 2.07. The van der Waals surface area contributed by atoms with E-state index in [1.807, 2.05) is 48.5 Å². The van der Waals surface area contributed by atoms with E-state index in [2.05, 4.69) is 52.8 Å². The first-order valence-electron chi connectivity index (χ1n) is 7.45. The Morgan fingerprint density at radius 2 is 1.65 bits per heavy atom. The van der Waals surface area contributed by atoms with Crippen LogP contribution in [0.4, 0.5) is 0 Å². The van der Waals surface area contributed by atoms with Crippen molar-refractivity contribution in [3.05, 3.63) is 95.0 Å². The van der Waals surface area contributed by atoms with Gasteiger partial charge in [-0.3, -0.25) is 0 Å². The van der Waals surface area contributed by atoms with Gasteiger partial charge in [-0.05, 0) is 34.9 Å². The van der Waals surface area contributed by atoms with E-state index in [9.17, 15) is 0 Å². The highest BCUT2D eigenvalue weighted by atomic mass is 79.9. The lowest BCUT2D eigenvalue weighted by atomic mass is 10.0. The van der Waals surface area contributed by atoms with Crippen molar-refractivity contribution >= 4 is 22.0 Å². The van der Waals surface area contributed by atoms with Gasteiger partial charge in [-0.25, -0.2) is 0 Å². The lowest BCUT2D eigenvalue weighted by Gasteiger charge is -2.12. The van der Waals surface area contributed by atoms with E-state index in [-0.39, 0.29) is 0 Å². The number of ether oxygens (including phenoxy) is 1. The Morgan fingerprint density at radius 3 is 2.35 bits per heavy atom. The first-order valence-corrected chi connectivity index (χ1v) is 8.25. The van der Waals surface area contributed by atoms with E-state index >= 15 is 0 Å². The van der Waals surface area contributed by atoms with E-state index in [1.54, 1.807) is 0 Å². The number of hydrogen-bond acceptors (Lipinski definition) is 1. The molecule has 0 aliphatic carbocycles. The third-order valence-electron chi connectivity index (χ3n) is 3.64. The van der Waals surface area contributed by atoms with Crippen molar-refractivity contribution in [3.63, 3.8) is 0 Å². The Morgan fingerprint density at radius 1 is 0.913 bits per heavy atom. The zero-order chi connectivity index (χ0) is 16.1. The molecule has 3 aromatic rings. The van der Waals surface area contributed by atoms with Gasteiger partial charge in [-0.2, -0.15) is 0 Å². The van der Waals surface area contributed by atoms with Crippen LogP contribution in [0.15, 0.2) is 83.8 Å². The molecule has 0 spiro atoms. The molecule has 0 N–H and O–H groups in total. The molecule has 0 fully saturated rings. The summed E-state index contributed by atoms with van der Waals surface area (Å²) in [6, 6.07) is 24.6. The van der Waals surface area contributed by atoms with Crippen LogP contribution in [0.5, 0.6) is 5.75 Å². The molecule has 0 aliphatic rings. The molecule has 3 aromatic carbocycles. The maximum atomic E-state index is 6.06. The molecule has 0 heterocycles. The van der Waals surface area contributed by atoms with Crippen LogP contribution >= 0.6 is 15.9 Å². The van der Waals surface area contributed by atoms with Crippen LogP contribution in [0.3, 0.4) is 0 Å². The highest BCUT2D eigenvalue weighted by molar-refractivity contribution is 9.10. The van der Waals surface area contributed by atoms with E-state index in [1.165, 1.54) is 0 Å².